The number of hydrogen-bond donors (Lipinski definition) is 2. The van der Waals surface area contributed by atoms with E-state index in [0.29, 0.717) is 4.34 Å². The predicted molar refractivity (Wildman–Crippen MR) is 75.5 cm³/mol. The Hall–Kier alpha value is -0.530. The van der Waals surface area contributed by atoms with Gasteiger partial charge in [0.2, 0.25) is 0 Å². The fourth-order valence-corrected chi connectivity index (χ4v) is 3.66. The maximum Gasteiger partial charge on any atom is 0.265 e. The summed E-state index contributed by atoms with van der Waals surface area (Å²) in [5.41, 5.74) is 0. The third-order valence-electron chi connectivity index (χ3n) is 2.53. The van der Waals surface area contributed by atoms with E-state index in [1.165, 1.54) is 22.7 Å². The standard InChI is InChI=1S/C12H12ClF2NOS2/c13-10-4-3-9(19-10)11(8-2-1-5-18-8)16-6-7(17)12(14)15/h1-5,7,11-12,16-17H,6H2. The number of rotatable bonds is 6. The van der Waals surface area contributed by atoms with Gasteiger partial charge in [0.15, 0.2) is 0 Å². The summed E-state index contributed by atoms with van der Waals surface area (Å²) >= 11 is 8.83. The molecule has 2 N–H and O–H groups in total. The molecule has 2 heterocycles. The SMILES string of the molecule is OC(CNC(c1cccs1)c1ccc(Cl)s1)C(F)F. The summed E-state index contributed by atoms with van der Waals surface area (Å²) in [6, 6.07) is 7.23. The molecule has 0 aliphatic carbocycles. The lowest BCUT2D eigenvalue weighted by atomic mass is 10.2. The van der Waals surface area contributed by atoms with Gasteiger partial charge in [-0.25, -0.2) is 8.78 Å². The lowest BCUT2D eigenvalue weighted by Crippen LogP contribution is -2.34. The molecule has 0 amide bonds. The van der Waals surface area contributed by atoms with Crippen LogP contribution in [0.2, 0.25) is 4.34 Å². The third-order valence-corrected chi connectivity index (χ3v) is 4.76. The van der Waals surface area contributed by atoms with Crippen molar-refractivity contribution in [1.29, 1.82) is 0 Å². The molecule has 0 aliphatic heterocycles. The lowest BCUT2D eigenvalue weighted by molar-refractivity contribution is -0.00403. The van der Waals surface area contributed by atoms with Gasteiger partial charge in [0.1, 0.15) is 6.10 Å². The lowest BCUT2D eigenvalue weighted by Gasteiger charge is -2.18. The third kappa shape index (κ3) is 3.97. The summed E-state index contributed by atoms with van der Waals surface area (Å²) in [5.74, 6) is 0. The molecule has 2 aromatic rings. The Morgan fingerprint density at radius 2 is 2.05 bits per heavy atom. The van der Waals surface area contributed by atoms with Crippen molar-refractivity contribution < 1.29 is 13.9 Å². The van der Waals surface area contributed by atoms with Gasteiger partial charge >= 0.3 is 0 Å². The van der Waals surface area contributed by atoms with Gasteiger partial charge in [-0.2, -0.15) is 0 Å². The molecular weight excluding hydrogens is 312 g/mol. The number of alkyl halides is 2. The van der Waals surface area contributed by atoms with E-state index in [9.17, 15) is 13.9 Å². The highest BCUT2D eigenvalue weighted by molar-refractivity contribution is 7.16. The molecule has 0 bridgehead atoms. The average Bonchev–Trinajstić information content (AvgIpc) is 3.01. The van der Waals surface area contributed by atoms with Crippen LogP contribution in [0.1, 0.15) is 15.8 Å². The first kappa shape index (κ1) is 14.9. The minimum Gasteiger partial charge on any atom is -0.386 e. The largest absolute Gasteiger partial charge is 0.386 e. The van der Waals surface area contributed by atoms with Crippen molar-refractivity contribution in [1.82, 2.24) is 5.32 Å². The van der Waals surface area contributed by atoms with Crippen molar-refractivity contribution in [3.63, 3.8) is 0 Å². The summed E-state index contributed by atoms with van der Waals surface area (Å²) in [7, 11) is 0. The van der Waals surface area contributed by atoms with Gasteiger partial charge in [-0.05, 0) is 23.6 Å². The number of thiophene rings is 2. The molecule has 2 unspecified atom stereocenters. The van der Waals surface area contributed by atoms with E-state index in [1.807, 2.05) is 23.6 Å². The molecule has 7 heteroatoms. The zero-order chi connectivity index (χ0) is 13.8. The second-order valence-electron chi connectivity index (χ2n) is 3.90. The topological polar surface area (TPSA) is 32.3 Å². The van der Waals surface area contributed by atoms with Crippen LogP contribution in [0.4, 0.5) is 8.78 Å². The highest BCUT2D eigenvalue weighted by Gasteiger charge is 2.21. The highest BCUT2D eigenvalue weighted by Crippen LogP contribution is 2.33. The first-order valence-electron chi connectivity index (χ1n) is 5.56. The molecule has 0 fully saturated rings. The van der Waals surface area contributed by atoms with E-state index < -0.39 is 12.5 Å². The second kappa shape index (κ2) is 6.76. The molecule has 0 saturated carbocycles. The molecule has 104 valence electrons. The Morgan fingerprint density at radius 1 is 1.26 bits per heavy atom. The van der Waals surface area contributed by atoms with Gasteiger partial charge in [0.25, 0.3) is 6.43 Å². The Morgan fingerprint density at radius 3 is 2.58 bits per heavy atom. The van der Waals surface area contributed by atoms with Crippen molar-refractivity contribution in [3.8, 4) is 0 Å². The summed E-state index contributed by atoms with van der Waals surface area (Å²) in [6.07, 6.45) is -4.42. The number of aliphatic hydroxyl groups is 1. The molecule has 2 atom stereocenters. The van der Waals surface area contributed by atoms with Crippen LogP contribution in [0.5, 0.6) is 0 Å². The van der Waals surface area contributed by atoms with Crippen LogP contribution >= 0.6 is 34.3 Å². The van der Waals surface area contributed by atoms with Gasteiger partial charge in [-0.1, -0.05) is 17.7 Å². The Labute approximate surface area is 122 Å². The highest BCUT2D eigenvalue weighted by atomic mass is 35.5. The molecule has 2 rings (SSSR count). The Kier molecular flexibility index (Phi) is 5.29. The predicted octanol–water partition coefficient (Wildman–Crippen LogP) is 3.77. The van der Waals surface area contributed by atoms with E-state index in [0.717, 1.165) is 9.75 Å². The smallest absolute Gasteiger partial charge is 0.265 e. The van der Waals surface area contributed by atoms with E-state index in [1.54, 1.807) is 6.07 Å². The fourth-order valence-electron chi connectivity index (χ4n) is 1.61. The minimum atomic E-state index is -2.75. The maximum absolute atomic E-state index is 12.3. The summed E-state index contributed by atoms with van der Waals surface area (Å²) in [6.45, 7) is -0.171. The van der Waals surface area contributed by atoms with Crippen LogP contribution in [0.15, 0.2) is 29.6 Å². The Bertz CT molecular complexity index is 504. The summed E-state index contributed by atoms with van der Waals surface area (Å²) in [4.78, 5) is 1.94. The van der Waals surface area contributed by atoms with Crippen LogP contribution < -0.4 is 5.32 Å². The zero-order valence-corrected chi connectivity index (χ0v) is 12.1. The van der Waals surface area contributed by atoms with Gasteiger partial charge in [-0.3, -0.25) is 0 Å². The quantitative estimate of drug-likeness (QED) is 0.848. The molecule has 2 aromatic heterocycles. The van der Waals surface area contributed by atoms with Crippen molar-refractivity contribution >= 4 is 34.3 Å². The van der Waals surface area contributed by atoms with Crippen molar-refractivity contribution in [2.24, 2.45) is 0 Å². The number of halogens is 3. The zero-order valence-electron chi connectivity index (χ0n) is 9.72. The van der Waals surface area contributed by atoms with Gasteiger partial charge in [0.05, 0.1) is 10.4 Å². The molecule has 0 saturated heterocycles. The summed E-state index contributed by atoms with van der Waals surface area (Å²) < 4.78 is 25.3. The van der Waals surface area contributed by atoms with Crippen LogP contribution in [-0.4, -0.2) is 24.2 Å². The minimum absolute atomic E-state index is 0.171. The van der Waals surface area contributed by atoms with Crippen molar-refractivity contribution in [2.75, 3.05) is 6.54 Å². The normalized spacial score (nSPS) is 14.8. The second-order valence-corrected chi connectivity index (χ2v) is 6.63. The molecule has 0 spiro atoms. The summed E-state index contributed by atoms with van der Waals surface area (Å²) in [5, 5.41) is 14.1. The molecule has 0 aromatic carbocycles. The van der Waals surface area contributed by atoms with E-state index in [4.69, 9.17) is 11.6 Å². The van der Waals surface area contributed by atoms with Crippen molar-refractivity contribution in [3.05, 3.63) is 43.7 Å². The number of hydrogen-bond acceptors (Lipinski definition) is 4. The molecule has 0 aliphatic rings. The van der Waals surface area contributed by atoms with Gasteiger partial charge in [0, 0.05) is 16.3 Å². The van der Waals surface area contributed by atoms with Crippen LogP contribution in [0, 0.1) is 0 Å². The van der Waals surface area contributed by atoms with Crippen LogP contribution in [0.3, 0.4) is 0 Å². The molecular formula is C12H12ClF2NOS2. The van der Waals surface area contributed by atoms with E-state index >= 15 is 0 Å². The van der Waals surface area contributed by atoms with Crippen LogP contribution in [0.25, 0.3) is 0 Å². The van der Waals surface area contributed by atoms with E-state index in [2.05, 4.69) is 5.32 Å². The average molecular weight is 324 g/mol. The maximum atomic E-state index is 12.3. The van der Waals surface area contributed by atoms with Crippen molar-refractivity contribution in [2.45, 2.75) is 18.6 Å². The Balaban J connectivity index is 2.12. The fraction of sp³-hybridized carbons (Fsp3) is 0.333. The first-order valence-corrected chi connectivity index (χ1v) is 7.63. The number of nitrogens with one attached hydrogen (secondary N) is 1. The molecule has 19 heavy (non-hydrogen) atoms. The van der Waals surface area contributed by atoms with Crippen LogP contribution in [-0.2, 0) is 0 Å². The first-order chi connectivity index (χ1) is 9.08. The molecule has 0 radical (unpaired) electrons. The number of aliphatic hydroxyl groups excluding tert-OH is 1. The van der Waals surface area contributed by atoms with Gasteiger partial charge in [-0.15, -0.1) is 22.7 Å². The van der Waals surface area contributed by atoms with Gasteiger partial charge < -0.3 is 10.4 Å². The van der Waals surface area contributed by atoms with E-state index in [-0.39, 0.29) is 12.6 Å². The molecule has 2 nitrogen and oxygen atoms in total. The monoisotopic (exact) mass is 323 g/mol.